The van der Waals surface area contributed by atoms with Crippen molar-refractivity contribution in [2.24, 2.45) is 0 Å². The number of urea groups is 1. The van der Waals surface area contributed by atoms with E-state index in [2.05, 4.69) is 20.9 Å². The molecule has 0 saturated carbocycles. The molecule has 0 bridgehead atoms. The molecule has 3 aromatic rings. The third kappa shape index (κ3) is 7.66. The lowest BCUT2D eigenvalue weighted by molar-refractivity contribution is -0.153. The number of phenols is 2. The number of aromatic nitrogens is 1. The van der Waals surface area contributed by atoms with E-state index in [1.165, 1.54) is 24.5 Å². The Bertz CT molecular complexity index is 1960. The molecule has 272 valence electrons. The van der Waals surface area contributed by atoms with Gasteiger partial charge in [0.2, 0.25) is 5.91 Å². The lowest BCUT2D eigenvalue weighted by atomic mass is 9.72. The predicted octanol–water partition coefficient (Wildman–Crippen LogP) is 0.504. The summed E-state index contributed by atoms with van der Waals surface area (Å²) in [6, 6.07) is 2.17. The number of aromatic carboxylic acids is 1. The number of nitrogens with one attached hydrogen (secondary N) is 3. The second kappa shape index (κ2) is 15.5. The Hall–Kier alpha value is -6.02. The van der Waals surface area contributed by atoms with E-state index in [1.807, 2.05) is 0 Å². The number of amides is 6. The summed E-state index contributed by atoms with van der Waals surface area (Å²) in [4.78, 5) is 82.2. The van der Waals surface area contributed by atoms with E-state index >= 15 is 0 Å². The number of nitrogens with zero attached hydrogens (tertiary/aromatic N) is 3. The molecule has 7 N–H and O–H groups in total. The molecule has 1 saturated heterocycles. The van der Waals surface area contributed by atoms with Gasteiger partial charge in [0.1, 0.15) is 23.2 Å². The number of halogens is 3. The van der Waals surface area contributed by atoms with E-state index in [4.69, 9.17) is 16.3 Å². The minimum Gasteiger partial charge on any atom is -0.534 e. The van der Waals surface area contributed by atoms with Crippen LogP contribution in [0.1, 0.15) is 44.3 Å². The largest absolute Gasteiger partial charge is 0.547 e. The summed E-state index contributed by atoms with van der Waals surface area (Å²) < 4.78 is 34.0. The van der Waals surface area contributed by atoms with E-state index in [0.717, 1.165) is 17.0 Å². The number of carbonyl (C=O) groups excluding carboxylic acids is 5. The van der Waals surface area contributed by atoms with E-state index in [0.29, 0.717) is 16.5 Å². The van der Waals surface area contributed by atoms with Crippen molar-refractivity contribution in [3.05, 3.63) is 81.6 Å². The summed E-state index contributed by atoms with van der Waals surface area (Å²) in [5.41, 5.74) is -1.03. The molecule has 0 spiro atoms. The van der Waals surface area contributed by atoms with Gasteiger partial charge in [-0.15, -0.1) is 0 Å². The minimum absolute atomic E-state index is 0.0405. The Morgan fingerprint density at radius 2 is 1.75 bits per heavy atom. The number of carboxylic acids is 1. The quantitative estimate of drug-likeness (QED) is 0.0650. The third-order valence-corrected chi connectivity index (χ3v) is 8.57. The molecule has 2 atom stereocenters. The molecule has 2 aliphatic rings. The maximum absolute atomic E-state index is 14.6. The number of hydrogen-bond donors (Lipinski definition) is 7. The van der Waals surface area contributed by atoms with Crippen LogP contribution in [-0.2, 0) is 20.8 Å². The number of imide groups is 1. The number of rotatable bonds is 10. The van der Waals surface area contributed by atoms with Gasteiger partial charge in [-0.25, -0.2) is 18.4 Å². The zero-order chi connectivity index (χ0) is 37.9. The van der Waals surface area contributed by atoms with E-state index < -0.39 is 93.9 Å². The number of phenolic OH excluding ortho intramolecular Hbond substituents is 2. The van der Waals surface area contributed by atoms with Crippen LogP contribution < -0.4 is 20.6 Å². The average molecular weight is 745 g/mol. The first-order valence-electron chi connectivity index (χ1n) is 15.4. The maximum Gasteiger partial charge on any atom is 0.547 e. The van der Waals surface area contributed by atoms with Gasteiger partial charge in [0.25, 0.3) is 5.91 Å². The Labute approximate surface area is 297 Å². The van der Waals surface area contributed by atoms with Crippen LogP contribution in [0, 0.1) is 11.6 Å². The van der Waals surface area contributed by atoms with Crippen molar-refractivity contribution >= 4 is 54.3 Å². The fourth-order valence-electron chi connectivity index (χ4n) is 5.50. The highest BCUT2D eigenvalue weighted by molar-refractivity contribution is 6.47. The van der Waals surface area contributed by atoms with Gasteiger partial charge in [-0.3, -0.25) is 29.1 Å². The zero-order valence-corrected chi connectivity index (χ0v) is 27.4. The lowest BCUT2D eigenvalue weighted by Gasteiger charge is -2.34. The second-order valence-electron chi connectivity index (χ2n) is 11.5. The van der Waals surface area contributed by atoms with Crippen LogP contribution in [-0.4, -0.2) is 110 Å². The van der Waals surface area contributed by atoms with Crippen molar-refractivity contribution in [2.75, 3.05) is 26.2 Å². The molecule has 0 aliphatic carbocycles. The first-order chi connectivity index (χ1) is 24.7. The molecule has 2 aliphatic heterocycles. The van der Waals surface area contributed by atoms with Gasteiger partial charge >= 0.3 is 30.9 Å². The Morgan fingerprint density at radius 3 is 2.44 bits per heavy atom. The smallest absolute Gasteiger partial charge is 0.534 e. The number of fused-ring (bicyclic) bond motifs is 1. The van der Waals surface area contributed by atoms with Crippen LogP contribution in [0.2, 0.25) is 5.02 Å². The number of aromatic hydroxyl groups is 2. The van der Waals surface area contributed by atoms with Gasteiger partial charge in [0.05, 0.1) is 11.0 Å². The fourth-order valence-corrected chi connectivity index (χ4v) is 5.76. The van der Waals surface area contributed by atoms with Gasteiger partial charge < -0.3 is 45.8 Å². The highest BCUT2D eigenvalue weighted by Gasteiger charge is 2.42. The zero-order valence-electron chi connectivity index (χ0n) is 26.6. The van der Waals surface area contributed by atoms with Crippen LogP contribution in [0.15, 0.2) is 42.7 Å². The highest BCUT2D eigenvalue weighted by Crippen LogP contribution is 2.40. The second-order valence-corrected chi connectivity index (χ2v) is 11.9. The van der Waals surface area contributed by atoms with Crippen molar-refractivity contribution in [3.63, 3.8) is 0 Å². The molecular weight excluding hydrogens is 717 g/mol. The number of pyridine rings is 1. The molecule has 0 radical (unpaired) electrons. The van der Waals surface area contributed by atoms with Crippen molar-refractivity contribution in [1.82, 2.24) is 30.7 Å². The molecule has 2 aromatic carbocycles. The molecule has 5 rings (SSSR count). The Kier molecular flexibility index (Phi) is 11.1. The van der Waals surface area contributed by atoms with Crippen LogP contribution in [0.4, 0.5) is 13.6 Å². The number of carbonyl (C=O) groups is 6. The summed E-state index contributed by atoms with van der Waals surface area (Å²) in [6.07, 6.45) is 2.83. The van der Waals surface area contributed by atoms with Crippen molar-refractivity contribution in [1.29, 1.82) is 0 Å². The fraction of sp³-hybridized carbons (Fsp3) is 0.258. The standard InChI is InChI=1S/C31H28BClF2N6O11/c33-21-16(13-18(35)23(42)24(21)43)22(27(45)38-19-12-15-2-3-17(34)20(30(48)49)25(15)52-32(19)51)39-31(50)41-11-10-40(28(46)29(41)47)9-1-6-37-26(44)14-4-7-36-8-5-14/h2-5,7-8,13,19,22,42-43,51H,1,6,9-12H2,(H,37,44)(H,38,45)(H,39,50)(H,48,49). The molecule has 6 amide bonds. The van der Waals surface area contributed by atoms with Gasteiger partial charge in [0, 0.05) is 49.7 Å². The summed E-state index contributed by atoms with van der Waals surface area (Å²) in [5.74, 6) is -12.6. The van der Waals surface area contributed by atoms with E-state index in [1.54, 1.807) is 0 Å². The number of carboxylic acid groups (broad SMARTS) is 1. The van der Waals surface area contributed by atoms with Crippen molar-refractivity contribution in [3.8, 4) is 17.2 Å². The van der Waals surface area contributed by atoms with Gasteiger partial charge in [-0.05, 0) is 42.7 Å². The molecule has 52 heavy (non-hydrogen) atoms. The number of hydrogen-bond acceptors (Lipinski definition) is 11. The van der Waals surface area contributed by atoms with Crippen molar-refractivity contribution in [2.45, 2.75) is 24.8 Å². The minimum atomic E-state index is -2.05. The van der Waals surface area contributed by atoms with Crippen LogP contribution in [0.25, 0.3) is 0 Å². The van der Waals surface area contributed by atoms with E-state index in [-0.39, 0.29) is 50.5 Å². The van der Waals surface area contributed by atoms with Gasteiger partial charge in [-0.2, -0.15) is 0 Å². The molecule has 17 nitrogen and oxygen atoms in total. The molecule has 1 aromatic heterocycles. The van der Waals surface area contributed by atoms with Gasteiger partial charge in [0.15, 0.2) is 17.3 Å². The third-order valence-electron chi connectivity index (χ3n) is 8.17. The van der Waals surface area contributed by atoms with Gasteiger partial charge in [-0.1, -0.05) is 17.7 Å². The topological polar surface area (TPSA) is 248 Å². The highest BCUT2D eigenvalue weighted by atomic mass is 35.5. The van der Waals surface area contributed by atoms with Crippen LogP contribution in [0.5, 0.6) is 17.2 Å². The normalized spacial score (nSPS) is 16.1. The van der Waals surface area contributed by atoms with E-state index in [9.17, 15) is 57.9 Å². The number of benzene rings is 2. The molecular formula is C31H28BClF2N6O11. The molecule has 21 heteroatoms. The summed E-state index contributed by atoms with van der Waals surface area (Å²) >= 11 is 6.12. The van der Waals surface area contributed by atoms with Crippen LogP contribution in [0.3, 0.4) is 0 Å². The molecule has 3 heterocycles. The maximum atomic E-state index is 14.6. The lowest BCUT2D eigenvalue weighted by Crippen LogP contribution is -2.60. The average Bonchev–Trinajstić information content (AvgIpc) is 3.11. The first kappa shape index (κ1) is 37.2. The summed E-state index contributed by atoms with van der Waals surface area (Å²) in [6.45, 7) is -0.294. The Morgan fingerprint density at radius 1 is 1.04 bits per heavy atom. The molecule has 2 unspecified atom stereocenters. The predicted molar refractivity (Wildman–Crippen MR) is 173 cm³/mol. The summed E-state index contributed by atoms with van der Waals surface area (Å²) in [5, 5.41) is 46.4. The summed E-state index contributed by atoms with van der Waals surface area (Å²) in [7, 11) is -1.97. The molecule has 1 fully saturated rings. The van der Waals surface area contributed by atoms with Crippen LogP contribution >= 0.6 is 11.6 Å². The SMILES string of the molecule is O=C(NCCCN1CCN(C(=O)NC(C(=O)NC2Cc3ccc(F)c(C(=O)O)c3OB2O)c2cc(F)c(O)c(O)c2Cl)C(=O)C1=O)c1ccncc1. The first-order valence-corrected chi connectivity index (χ1v) is 15.8. The van der Waals surface area contributed by atoms with Crippen molar-refractivity contribution < 1.29 is 62.5 Å². The monoisotopic (exact) mass is 744 g/mol. The Balaban J connectivity index is 1.29. The number of piperazine rings is 1.